The maximum atomic E-state index is 14.2. The minimum absolute atomic E-state index is 0.111. The summed E-state index contributed by atoms with van der Waals surface area (Å²) < 4.78 is 28.7. The van der Waals surface area contributed by atoms with Gasteiger partial charge in [-0.15, -0.1) is 0 Å². The summed E-state index contributed by atoms with van der Waals surface area (Å²) in [6.07, 6.45) is 1.45. The molecule has 1 aliphatic rings. The predicted octanol–water partition coefficient (Wildman–Crippen LogP) is 4.86. The van der Waals surface area contributed by atoms with Gasteiger partial charge in [0.05, 0.1) is 17.5 Å². The van der Waals surface area contributed by atoms with E-state index in [9.17, 15) is 13.6 Å². The van der Waals surface area contributed by atoms with Gasteiger partial charge >= 0.3 is 0 Å². The van der Waals surface area contributed by atoms with Gasteiger partial charge in [-0.1, -0.05) is 32.0 Å². The number of benzene rings is 2. The van der Waals surface area contributed by atoms with E-state index < -0.39 is 11.6 Å². The van der Waals surface area contributed by atoms with E-state index in [0.717, 1.165) is 11.8 Å². The first kappa shape index (κ1) is 18.3. The van der Waals surface area contributed by atoms with Gasteiger partial charge in [-0.2, -0.15) is 5.10 Å². The number of nitrogens with zero attached hydrogens (tertiary/aromatic N) is 3. The van der Waals surface area contributed by atoms with Gasteiger partial charge in [0.2, 0.25) is 0 Å². The van der Waals surface area contributed by atoms with E-state index in [-0.39, 0.29) is 17.5 Å². The molecule has 4 rings (SSSR count). The fourth-order valence-electron chi connectivity index (χ4n) is 3.86. The zero-order valence-corrected chi connectivity index (χ0v) is 16.0. The molecule has 6 heteroatoms. The summed E-state index contributed by atoms with van der Waals surface area (Å²) in [6, 6.07) is 11.2. The van der Waals surface area contributed by atoms with Gasteiger partial charge in [0.15, 0.2) is 5.82 Å². The summed E-state index contributed by atoms with van der Waals surface area (Å²) in [6.45, 7) is 6.61. The third-order valence-electron chi connectivity index (χ3n) is 5.43. The number of anilines is 1. The number of amides is 1. The van der Waals surface area contributed by atoms with Crippen LogP contribution in [0.25, 0.3) is 5.69 Å². The standard InChI is InChI=1S/C22H21F2N3O/c1-13(2)18-12-26(20-7-5-4-6-16(18)20)22(28)17-11-25-27(14(17)3)21-9-8-15(23)10-19(21)24/h4-11,13,18H,12H2,1-3H3. The molecular weight excluding hydrogens is 360 g/mol. The topological polar surface area (TPSA) is 38.1 Å². The smallest absolute Gasteiger partial charge is 0.261 e. The van der Waals surface area contributed by atoms with Gasteiger partial charge in [-0.3, -0.25) is 4.79 Å². The molecule has 4 nitrogen and oxygen atoms in total. The Bertz CT molecular complexity index is 1060. The molecule has 2 aromatic carbocycles. The zero-order valence-electron chi connectivity index (χ0n) is 16.0. The van der Waals surface area contributed by atoms with Crippen molar-refractivity contribution in [2.24, 2.45) is 5.92 Å². The molecular formula is C22H21F2N3O. The second-order valence-electron chi connectivity index (χ2n) is 7.48. The molecule has 0 bridgehead atoms. The van der Waals surface area contributed by atoms with E-state index in [4.69, 9.17) is 0 Å². The van der Waals surface area contributed by atoms with Crippen molar-refractivity contribution in [3.05, 3.63) is 77.1 Å². The second kappa shape index (κ2) is 6.86. The lowest BCUT2D eigenvalue weighted by Crippen LogP contribution is -2.31. The van der Waals surface area contributed by atoms with Gasteiger partial charge < -0.3 is 4.90 Å². The molecule has 0 radical (unpaired) electrons. The molecule has 0 fully saturated rings. The summed E-state index contributed by atoms with van der Waals surface area (Å²) in [5, 5.41) is 4.19. The Hall–Kier alpha value is -3.02. The predicted molar refractivity (Wildman–Crippen MR) is 104 cm³/mol. The van der Waals surface area contributed by atoms with Gasteiger partial charge in [-0.05, 0) is 36.6 Å². The van der Waals surface area contributed by atoms with Crippen LogP contribution in [-0.4, -0.2) is 22.2 Å². The van der Waals surface area contributed by atoms with Crippen LogP contribution in [0.2, 0.25) is 0 Å². The number of para-hydroxylation sites is 1. The molecule has 0 aliphatic carbocycles. The number of carbonyl (C=O) groups excluding carboxylic acids is 1. The largest absolute Gasteiger partial charge is 0.307 e. The van der Waals surface area contributed by atoms with Gasteiger partial charge in [0.1, 0.15) is 11.5 Å². The highest BCUT2D eigenvalue weighted by atomic mass is 19.1. The van der Waals surface area contributed by atoms with Crippen LogP contribution in [0.15, 0.2) is 48.7 Å². The molecule has 0 saturated carbocycles. The SMILES string of the molecule is Cc1c(C(=O)N2CC(C(C)C)c3ccccc32)cnn1-c1ccc(F)cc1F. The molecule has 0 N–H and O–H groups in total. The van der Waals surface area contributed by atoms with E-state index in [1.807, 2.05) is 18.2 Å². The highest BCUT2D eigenvalue weighted by Gasteiger charge is 2.35. The first-order valence-electron chi connectivity index (χ1n) is 9.29. The summed E-state index contributed by atoms with van der Waals surface area (Å²) in [4.78, 5) is 15.1. The van der Waals surface area contributed by atoms with E-state index >= 15 is 0 Å². The molecule has 28 heavy (non-hydrogen) atoms. The number of hydrogen-bond donors (Lipinski definition) is 0. The molecule has 1 aromatic heterocycles. The Labute approximate surface area is 162 Å². The normalized spacial score (nSPS) is 15.9. The first-order chi connectivity index (χ1) is 13.4. The lowest BCUT2D eigenvalue weighted by atomic mass is 9.90. The lowest BCUT2D eigenvalue weighted by Gasteiger charge is -2.19. The Morgan fingerprint density at radius 1 is 1.14 bits per heavy atom. The molecule has 1 aliphatic heterocycles. The zero-order chi connectivity index (χ0) is 20.0. The Morgan fingerprint density at radius 2 is 1.89 bits per heavy atom. The molecule has 0 spiro atoms. The van der Waals surface area contributed by atoms with E-state index in [1.54, 1.807) is 11.8 Å². The Kier molecular flexibility index (Phi) is 4.49. The van der Waals surface area contributed by atoms with Crippen molar-refractivity contribution in [3.8, 4) is 5.69 Å². The molecule has 1 amide bonds. The fraction of sp³-hybridized carbons (Fsp3) is 0.273. The molecule has 2 heterocycles. The first-order valence-corrected chi connectivity index (χ1v) is 9.29. The van der Waals surface area contributed by atoms with Crippen LogP contribution >= 0.6 is 0 Å². The number of fused-ring (bicyclic) bond motifs is 1. The van der Waals surface area contributed by atoms with Crippen molar-refractivity contribution in [2.45, 2.75) is 26.7 Å². The van der Waals surface area contributed by atoms with Crippen LogP contribution in [0.5, 0.6) is 0 Å². The van der Waals surface area contributed by atoms with Crippen molar-refractivity contribution in [3.63, 3.8) is 0 Å². The molecule has 1 atom stereocenters. The average molecular weight is 381 g/mol. The van der Waals surface area contributed by atoms with Crippen LogP contribution in [0.3, 0.4) is 0 Å². The van der Waals surface area contributed by atoms with Crippen LogP contribution in [0.4, 0.5) is 14.5 Å². The number of hydrogen-bond acceptors (Lipinski definition) is 2. The average Bonchev–Trinajstić information content (AvgIpc) is 3.23. The Balaban J connectivity index is 1.71. The highest BCUT2D eigenvalue weighted by Crippen LogP contribution is 2.40. The Morgan fingerprint density at radius 3 is 2.61 bits per heavy atom. The van der Waals surface area contributed by atoms with Crippen molar-refractivity contribution in [2.75, 3.05) is 11.4 Å². The molecule has 144 valence electrons. The minimum Gasteiger partial charge on any atom is -0.307 e. The number of halogens is 2. The number of rotatable bonds is 3. The van der Waals surface area contributed by atoms with Gasteiger partial charge in [0, 0.05) is 24.2 Å². The van der Waals surface area contributed by atoms with Crippen LogP contribution in [0.1, 0.15) is 41.4 Å². The van der Waals surface area contributed by atoms with Gasteiger partial charge in [-0.25, -0.2) is 13.5 Å². The summed E-state index contributed by atoms with van der Waals surface area (Å²) in [5.74, 6) is -0.879. The fourth-order valence-corrected chi connectivity index (χ4v) is 3.86. The highest BCUT2D eigenvalue weighted by molar-refractivity contribution is 6.08. The third-order valence-corrected chi connectivity index (χ3v) is 5.43. The molecule has 3 aromatic rings. The van der Waals surface area contributed by atoms with E-state index in [1.165, 1.54) is 28.6 Å². The third kappa shape index (κ3) is 2.89. The molecule has 1 unspecified atom stereocenters. The summed E-state index contributed by atoms with van der Waals surface area (Å²) >= 11 is 0. The van der Waals surface area contributed by atoms with Crippen LogP contribution in [0, 0.1) is 24.5 Å². The number of aromatic nitrogens is 2. The quantitative estimate of drug-likeness (QED) is 0.650. The van der Waals surface area contributed by atoms with Crippen molar-refractivity contribution in [1.82, 2.24) is 9.78 Å². The summed E-state index contributed by atoms with van der Waals surface area (Å²) in [7, 11) is 0. The molecule has 0 saturated heterocycles. The summed E-state index contributed by atoms with van der Waals surface area (Å²) in [5.41, 5.74) is 3.11. The van der Waals surface area contributed by atoms with Gasteiger partial charge in [0.25, 0.3) is 5.91 Å². The van der Waals surface area contributed by atoms with Crippen molar-refractivity contribution >= 4 is 11.6 Å². The maximum absolute atomic E-state index is 14.2. The van der Waals surface area contributed by atoms with E-state index in [2.05, 4.69) is 25.0 Å². The van der Waals surface area contributed by atoms with E-state index in [0.29, 0.717) is 23.7 Å². The monoisotopic (exact) mass is 381 g/mol. The maximum Gasteiger partial charge on any atom is 0.261 e. The van der Waals surface area contributed by atoms with Crippen LogP contribution < -0.4 is 4.90 Å². The number of carbonyl (C=O) groups is 1. The van der Waals surface area contributed by atoms with Crippen LogP contribution in [-0.2, 0) is 0 Å². The minimum atomic E-state index is -0.725. The second-order valence-corrected chi connectivity index (χ2v) is 7.48. The lowest BCUT2D eigenvalue weighted by molar-refractivity contribution is 0.0986. The van der Waals surface area contributed by atoms with Crippen molar-refractivity contribution < 1.29 is 13.6 Å². The van der Waals surface area contributed by atoms with Crippen molar-refractivity contribution in [1.29, 1.82) is 0 Å².